The molecule has 0 aliphatic heterocycles. The second-order valence-electron chi connectivity index (χ2n) is 5.64. The summed E-state index contributed by atoms with van der Waals surface area (Å²) in [5.74, 6) is -0.426. The van der Waals surface area contributed by atoms with E-state index in [0.717, 1.165) is 5.56 Å². The van der Waals surface area contributed by atoms with Crippen LogP contribution >= 0.6 is 11.6 Å². The molecule has 2 amide bonds. The van der Waals surface area contributed by atoms with Crippen LogP contribution in [0.4, 0.5) is 11.4 Å². The van der Waals surface area contributed by atoms with Gasteiger partial charge in [-0.05, 0) is 42.8 Å². The normalized spacial score (nSPS) is 10.5. The lowest BCUT2D eigenvalue weighted by Crippen LogP contribution is -2.18. The van der Waals surface area contributed by atoms with Crippen molar-refractivity contribution in [1.29, 1.82) is 0 Å². The molecule has 2 rings (SSSR count). The van der Waals surface area contributed by atoms with Crippen molar-refractivity contribution in [2.24, 2.45) is 5.92 Å². The van der Waals surface area contributed by atoms with E-state index in [-0.39, 0.29) is 17.7 Å². The first-order valence-corrected chi connectivity index (χ1v) is 7.73. The number of carbonyl (C=O) groups is 2. The van der Waals surface area contributed by atoms with Crippen molar-refractivity contribution >= 4 is 34.8 Å². The Morgan fingerprint density at radius 1 is 1.04 bits per heavy atom. The van der Waals surface area contributed by atoms with Crippen LogP contribution in [0.3, 0.4) is 0 Å². The van der Waals surface area contributed by atoms with Crippen LogP contribution in [0, 0.1) is 12.8 Å². The van der Waals surface area contributed by atoms with Crippen LogP contribution < -0.4 is 10.6 Å². The summed E-state index contributed by atoms with van der Waals surface area (Å²) in [6.07, 6.45) is 0. The number of benzene rings is 2. The van der Waals surface area contributed by atoms with Gasteiger partial charge >= 0.3 is 0 Å². The number of amides is 2. The summed E-state index contributed by atoms with van der Waals surface area (Å²) in [5, 5.41) is 6.17. The largest absolute Gasteiger partial charge is 0.326 e. The molecule has 0 radical (unpaired) electrons. The highest BCUT2D eigenvalue weighted by Crippen LogP contribution is 2.22. The van der Waals surface area contributed by atoms with Crippen molar-refractivity contribution in [2.45, 2.75) is 20.8 Å². The molecule has 0 aliphatic rings. The van der Waals surface area contributed by atoms with E-state index in [0.29, 0.717) is 22.0 Å². The molecule has 2 N–H and O–H groups in total. The fourth-order valence-electron chi connectivity index (χ4n) is 1.95. The summed E-state index contributed by atoms with van der Waals surface area (Å²) in [6.45, 7) is 5.54. The second-order valence-corrected chi connectivity index (χ2v) is 6.07. The lowest BCUT2D eigenvalue weighted by atomic mass is 10.1. The number of rotatable bonds is 4. The van der Waals surface area contributed by atoms with Gasteiger partial charge in [-0.2, -0.15) is 0 Å². The molecule has 0 heterocycles. The van der Waals surface area contributed by atoms with Crippen molar-refractivity contribution < 1.29 is 9.59 Å². The zero-order valence-corrected chi connectivity index (χ0v) is 14.1. The van der Waals surface area contributed by atoms with Gasteiger partial charge in [0.05, 0.1) is 0 Å². The molecule has 2 aromatic rings. The highest BCUT2D eigenvalue weighted by Gasteiger charge is 2.11. The molecular weight excluding hydrogens is 312 g/mol. The Morgan fingerprint density at radius 2 is 1.78 bits per heavy atom. The molecule has 0 unspecified atom stereocenters. The Bertz CT molecular complexity index is 742. The first kappa shape index (κ1) is 17.0. The minimum Gasteiger partial charge on any atom is -0.326 e. The predicted octanol–water partition coefficient (Wildman–Crippen LogP) is 4.50. The van der Waals surface area contributed by atoms with Crippen LogP contribution in [0.15, 0.2) is 42.5 Å². The second kappa shape index (κ2) is 7.29. The minimum absolute atomic E-state index is 0.0685. The van der Waals surface area contributed by atoms with Gasteiger partial charge in [0.2, 0.25) is 5.91 Å². The summed E-state index contributed by atoms with van der Waals surface area (Å²) in [6, 6.07) is 12.2. The first-order chi connectivity index (χ1) is 10.9. The molecule has 0 saturated heterocycles. The Balaban J connectivity index is 2.19. The Labute approximate surface area is 140 Å². The van der Waals surface area contributed by atoms with Crippen LogP contribution in [0.25, 0.3) is 0 Å². The smallest absolute Gasteiger partial charge is 0.255 e. The fraction of sp³-hybridized carbons (Fsp3) is 0.222. The van der Waals surface area contributed by atoms with Crippen LogP contribution in [-0.2, 0) is 4.79 Å². The SMILES string of the molecule is Cc1ccc(NC(=O)C(C)C)cc1NC(=O)c1cccc(Cl)c1. The third-order valence-corrected chi connectivity index (χ3v) is 3.60. The van der Waals surface area contributed by atoms with Gasteiger partial charge in [-0.1, -0.05) is 37.6 Å². The molecule has 0 atom stereocenters. The van der Waals surface area contributed by atoms with Gasteiger partial charge in [-0.25, -0.2) is 0 Å². The summed E-state index contributed by atoms with van der Waals surface area (Å²) in [4.78, 5) is 24.1. The highest BCUT2D eigenvalue weighted by atomic mass is 35.5. The molecule has 120 valence electrons. The lowest BCUT2D eigenvalue weighted by Gasteiger charge is -2.13. The molecule has 0 fully saturated rings. The molecule has 5 heteroatoms. The number of aryl methyl sites for hydroxylation is 1. The number of anilines is 2. The third-order valence-electron chi connectivity index (χ3n) is 3.36. The van der Waals surface area contributed by atoms with Gasteiger partial charge in [0.25, 0.3) is 5.91 Å². The number of hydrogen-bond donors (Lipinski definition) is 2. The summed E-state index contributed by atoms with van der Waals surface area (Å²) in [7, 11) is 0. The molecule has 0 saturated carbocycles. The Hall–Kier alpha value is -2.33. The van der Waals surface area contributed by atoms with Crippen molar-refractivity contribution in [1.82, 2.24) is 0 Å². The van der Waals surface area contributed by atoms with E-state index in [1.165, 1.54) is 0 Å². The van der Waals surface area contributed by atoms with E-state index in [2.05, 4.69) is 10.6 Å². The van der Waals surface area contributed by atoms with Crippen molar-refractivity contribution in [3.63, 3.8) is 0 Å². The average Bonchev–Trinajstić information content (AvgIpc) is 2.50. The average molecular weight is 331 g/mol. The molecule has 0 bridgehead atoms. The maximum atomic E-state index is 12.3. The lowest BCUT2D eigenvalue weighted by molar-refractivity contribution is -0.118. The number of carbonyl (C=O) groups excluding carboxylic acids is 2. The zero-order chi connectivity index (χ0) is 17.0. The van der Waals surface area contributed by atoms with Crippen molar-refractivity contribution in [3.8, 4) is 0 Å². The number of hydrogen-bond acceptors (Lipinski definition) is 2. The van der Waals surface area contributed by atoms with E-state index in [1.807, 2.05) is 32.9 Å². The highest BCUT2D eigenvalue weighted by molar-refractivity contribution is 6.31. The molecule has 4 nitrogen and oxygen atoms in total. The van der Waals surface area contributed by atoms with Crippen molar-refractivity contribution in [3.05, 3.63) is 58.6 Å². The molecule has 0 aliphatic carbocycles. The van der Waals surface area contributed by atoms with Gasteiger partial charge in [0, 0.05) is 27.9 Å². The molecule has 2 aromatic carbocycles. The first-order valence-electron chi connectivity index (χ1n) is 7.35. The summed E-state index contributed by atoms with van der Waals surface area (Å²) < 4.78 is 0. The molecule has 23 heavy (non-hydrogen) atoms. The number of nitrogens with one attached hydrogen (secondary N) is 2. The van der Waals surface area contributed by atoms with E-state index < -0.39 is 0 Å². The third kappa shape index (κ3) is 4.57. The van der Waals surface area contributed by atoms with Gasteiger partial charge in [0.15, 0.2) is 0 Å². The molecule has 0 aromatic heterocycles. The standard InChI is InChI=1S/C18H19ClN2O2/c1-11(2)17(22)20-15-8-7-12(3)16(10-15)21-18(23)13-5-4-6-14(19)9-13/h4-11H,1-3H3,(H,20,22)(H,21,23). The van der Waals surface area contributed by atoms with Gasteiger partial charge in [0.1, 0.15) is 0 Å². The van der Waals surface area contributed by atoms with Crippen molar-refractivity contribution in [2.75, 3.05) is 10.6 Å². The van der Waals surface area contributed by atoms with Gasteiger partial charge in [-0.15, -0.1) is 0 Å². The summed E-state index contributed by atoms with van der Waals surface area (Å²) in [5.41, 5.74) is 2.68. The maximum absolute atomic E-state index is 12.3. The zero-order valence-electron chi connectivity index (χ0n) is 13.3. The topological polar surface area (TPSA) is 58.2 Å². The Kier molecular flexibility index (Phi) is 5.40. The predicted molar refractivity (Wildman–Crippen MR) is 94.1 cm³/mol. The number of halogens is 1. The van der Waals surface area contributed by atoms with E-state index in [9.17, 15) is 9.59 Å². The molecule has 0 spiro atoms. The monoisotopic (exact) mass is 330 g/mol. The van der Waals surface area contributed by atoms with E-state index in [1.54, 1.807) is 30.3 Å². The maximum Gasteiger partial charge on any atom is 0.255 e. The van der Waals surface area contributed by atoms with Crippen LogP contribution in [0.1, 0.15) is 29.8 Å². The summed E-state index contributed by atoms with van der Waals surface area (Å²) >= 11 is 5.91. The quantitative estimate of drug-likeness (QED) is 0.867. The van der Waals surface area contributed by atoms with Crippen LogP contribution in [0.2, 0.25) is 5.02 Å². The van der Waals surface area contributed by atoms with Gasteiger partial charge in [-0.3, -0.25) is 9.59 Å². The minimum atomic E-state index is -0.247. The fourth-order valence-corrected chi connectivity index (χ4v) is 2.14. The van der Waals surface area contributed by atoms with E-state index >= 15 is 0 Å². The molecular formula is C18H19ClN2O2. The van der Waals surface area contributed by atoms with Crippen LogP contribution in [0.5, 0.6) is 0 Å². The Morgan fingerprint density at radius 3 is 2.43 bits per heavy atom. The van der Waals surface area contributed by atoms with E-state index in [4.69, 9.17) is 11.6 Å². The van der Waals surface area contributed by atoms with Crippen LogP contribution in [-0.4, -0.2) is 11.8 Å². The van der Waals surface area contributed by atoms with Gasteiger partial charge < -0.3 is 10.6 Å².